The molecule has 0 bridgehead atoms. The van der Waals surface area contributed by atoms with E-state index in [-0.39, 0.29) is 12.6 Å². The summed E-state index contributed by atoms with van der Waals surface area (Å²) in [5.74, 6) is 0.0580. The van der Waals surface area contributed by atoms with Crippen LogP contribution in [0.3, 0.4) is 0 Å². The Labute approximate surface area is 120 Å². The molecule has 1 N–H and O–H groups in total. The Morgan fingerprint density at radius 3 is 2.75 bits per heavy atom. The minimum absolute atomic E-state index is 0.0873. The van der Waals surface area contributed by atoms with Gasteiger partial charge in [0.25, 0.3) is 0 Å². The van der Waals surface area contributed by atoms with Gasteiger partial charge in [-0.3, -0.25) is 9.69 Å². The molecule has 2 rings (SSSR count). The van der Waals surface area contributed by atoms with E-state index in [1.54, 1.807) is 7.11 Å². The Morgan fingerprint density at radius 2 is 2.15 bits per heavy atom. The van der Waals surface area contributed by atoms with Gasteiger partial charge in [-0.15, -0.1) is 0 Å². The van der Waals surface area contributed by atoms with E-state index in [1.807, 2.05) is 24.3 Å². The molecule has 110 valence electrons. The zero-order valence-electron chi connectivity index (χ0n) is 12.2. The first-order valence-corrected chi connectivity index (χ1v) is 7.23. The quantitative estimate of drug-likeness (QED) is 0.868. The van der Waals surface area contributed by atoms with E-state index in [9.17, 15) is 9.90 Å². The van der Waals surface area contributed by atoms with Crippen LogP contribution in [0.4, 0.5) is 0 Å². The number of ether oxygens (including phenoxy) is 1. The SMILES string of the molecule is COc1cccc(C(C)N(CC(=O)O)C2CCCC2)c1. The van der Waals surface area contributed by atoms with E-state index < -0.39 is 5.97 Å². The van der Waals surface area contributed by atoms with E-state index in [0.717, 1.165) is 24.2 Å². The Morgan fingerprint density at radius 1 is 1.45 bits per heavy atom. The second kappa shape index (κ2) is 6.75. The van der Waals surface area contributed by atoms with Crippen molar-refractivity contribution in [3.05, 3.63) is 29.8 Å². The lowest BCUT2D eigenvalue weighted by atomic mass is 10.0. The first-order valence-electron chi connectivity index (χ1n) is 7.23. The number of carboxylic acid groups (broad SMARTS) is 1. The van der Waals surface area contributed by atoms with Gasteiger partial charge in [0, 0.05) is 12.1 Å². The second-order valence-electron chi connectivity index (χ2n) is 5.46. The van der Waals surface area contributed by atoms with Crippen LogP contribution >= 0.6 is 0 Å². The number of hydrogen-bond donors (Lipinski definition) is 1. The van der Waals surface area contributed by atoms with Gasteiger partial charge >= 0.3 is 5.97 Å². The van der Waals surface area contributed by atoms with E-state index in [0.29, 0.717) is 6.04 Å². The third-order valence-corrected chi connectivity index (χ3v) is 4.19. The Balaban J connectivity index is 2.19. The Kier molecular flexibility index (Phi) is 5.01. The molecule has 1 saturated carbocycles. The number of carboxylic acids is 1. The standard InChI is InChI=1S/C16H23NO3/c1-12(13-6-5-9-15(10-13)20-2)17(11-16(18)19)14-7-3-4-8-14/h5-6,9-10,12,14H,3-4,7-8,11H2,1-2H3,(H,18,19). The van der Waals surface area contributed by atoms with Gasteiger partial charge in [-0.2, -0.15) is 0 Å². The predicted molar refractivity (Wildman–Crippen MR) is 78.0 cm³/mol. The molecule has 0 radical (unpaired) electrons. The molecule has 1 fully saturated rings. The molecule has 0 spiro atoms. The van der Waals surface area contributed by atoms with Crippen molar-refractivity contribution in [1.82, 2.24) is 4.90 Å². The zero-order chi connectivity index (χ0) is 14.5. The van der Waals surface area contributed by atoms with Crippen molar-refractivity contribution in [2.45, 2.75) is 44.7 Å². The van der Waals surface area contributed by atoms with Crippen molar-refractivity contribution in [3.8, 4) is 5.75 Å². The lowest BCUT2D eigenvalue weighted by molar-refractivity contribution is -0.139. The second-order valence-corrected chi connectivity index (χ2v) is 5.46. The van der Waals surface area contributed by atoms with Crippen molar-refractivity contribution >= 4 is 5.97 Å². The fraction of sp³-hybridized carbons (Fsp3) is 0.562. The van der Waals surface area contributed by atoms with E-state index in [1.165, 1.54) is 12.8 Å². The minimum atomic E-state index is -0.758. The Bertz CT molecular complexity index is 455. The van der Waals surface area contributed by atoms with Gasteiger partial charge in [-0.05, 0) is 37.5 Å². The number of methoxy groups -OCH3 is 1. The molecule has 0 aromatic heterocycles. The summed E-state index contributed by atoms with van der Waals surface area (Å²) in [6, 6.07) is 8.37. The van der Waals surface area contributed by atoms with Crippen LogP contribution in [0.25, 0.3) is 0 Å². The van der Waals surface area contributed by atoms with E-state index >= 15 is 0 Å². The molecule has 1 aliphatic carbocycles. The van der Waals surface area contributed by atoms with Crippen LogP contribution in [-0.4, -0.2) is 35.7 Å². The summed E-state index contributed by atoms with van der Waals surface area (Å²) in [6.45, 7) is 2.18. The average Bonchev–Trinajstić information content (AvgIpc) is 2.98. The zero-order valence-corrected chi connectivity index (χ0v) is 12.2. The molecule has 0 aliphatic heterocycles. The van der Waals surface area contributed by atoms with Gasteiger partial charge in [0.15, 0.2) is 0 Å². The molecule has 1 atom stereocenters. The normalized spacial score (nSPS) is 17.4. The summed E-state index contributed by atoms with van der Waals surface area (Å²) in [6.07, 6.45) is 4.60. The third kappa shape index (κ3) is 3.51. The molecule has 1 aromatic carbocycles. The summed E-state index contributed by atoms with van der Waals surface area (Å²) in [4.78, 5) is 13.3. The molecule has 4 nitrogen and oxygen atoms in total. The van der Waals surface area contributed by atoms with Crippen molar-refractivity contribution in [2.75, 3.05) is 13.7 Å². The van der Waals surface area contributed by atoms with Gasteiger partial charge < -0.3 is 9.84 Å². The van der Waals surface area contributed by atoms with Gasteiger partial charge in [0.05, 0.1) is 13.7 Å². The number of rotatable bonds is 6. The summed E-state index contributed by atoms with van der Waals surface area (Å²) >= 11 is 0. The largest absolute Gasteiger partial charge is 0.497 e. The Hall–Kier alpha value is -1.55. The molecular weight excluding hydrogens is 254 g/mol. The molecule has 1 aliphatic rings. The molecular formula is C16H23NO3. The number of hydrogen-bond acceptors (Lipinski definition) is 3. The molecule has 0 heterocycles. The van der Waals surface area contributed by atoms with Crippen LogP contribution in [-0.2, 0) is 4.79 Å². The van der Waals surface area contributed by atoms with Crippen LogP contribution in [0.2, 0.25) is 0 Å². The molecule has 20 heavy (non-hydrogen) atoms. The molecule has 1 unspecified atom stereocenters. The van der Waals surface area contributed by atoms with Crippen LogP contribution in [0, 0.1) is 0 Å². The fourth-order valence-corrected chi connectivity index (χ4v) is 3.07. The van der Waals surface area contributed by atoms with E-state index in [4.69, 9.17) is 4.74 Å². The van der Waals surface area contributed by atoms with Crippen molar-refractivity contribution in [1.29, 1.82) is 0 Å². The summed E-state index contributed by atoms with van der Waals surface area (Å²) < 4.78 is 5.26. The van der Waals surface area contributed by atoms with Gasteiger partial charge in [0.2, 0.25) is 0 Å². The predicted octanol–water partition coefficient (Wildman–Crippen LogP) is 3.09. The molecule has 0 amide bonds. The fourth-order valence-electron chi connectivity index (χ4n) is 3.07. The van der Waals surface area contributed by atoms with Gasteiger partial charge in [-0.1, -0.05) is 25.0 Å². The first kappa shape index (κ1) is 14.9. The van der Waals surface area contributed by atoms with Gasteiger partial charge in [0.1, 0.15) is 5.75 Å². The van der Waals surface area contributed by atoms with Crippen LogP contribution in [0.5, 0.6) is 5.75 Å². The van der Waals surface area contributed by atoms with Crippen LogP contribution in [0.15, 0.2) is 24.3 Å². The highest BCUT2D eigenvalue weighted by atomic mass is 16.5. The van der Waals surface area contributed by atoms with Crippen molar-refractivity contribution in [3.63, 3.8) is 0 Å². The highest BCUT2D eigenvalue weighted by Crippen LogP contribution is 2.31. The summed E-state index contributed by atoms with van der Waals surface area (Å²) in [7, 11) is 1.65. The smallest absolute Gasteiger partial charge is 0.317 e. The van der Waals surface area contributed by atoms with Crippen LogP contribution < -0.4 is 4.74 Å². The maximum Gasteiger partial charge on any atom is 0.317 e. The van der Waals surface area contributed by atoms with E-state index in [2.05, 4.69) is 11.8 Å². The highest BCUT2D eigenvalue weighted by molar-refractivity contribution is 5.69. The average molecular weight is 277 g/mol. The van der Waals surface area contributed by atoms with Crippen molar-refractivity contribution < 1.29 is 14.6 Å². The maximum absolute atomic E-state index is 11.2. The number of aliphatic carboxylic acids is 1. The molecule has 4 heteroatoms. The number of benzene rings is 1. The van der Waals surface area contributed by atoms with Crippen molar-refractivity contribution in [2.24, 2.45) is 0 Å². The highest BCUT2D eigenvalue weighted by Gasteiger charge is 2.28. The third-order valence-electron chi connectivity index (χ3n) is 4.19. The van der Waals surface area contributed by atoms with Gasteiger partial charge in [-0.25, -0.2) is 0 Å². The number of nitrogens with zero attached hydrogens (tertiary/aromatic N) is 1. The molecule has 1 aromatic rings. The first-order chi connectivity index (χ1) is 9.61. The lowest BCUT2D eigenvalue weighted by Gasteiger charge is -2.33. The molecule has 0 saturated heterocycles. The summed E-state index contributed by atoms with van der Waals surface area (Å²) in [5.41, 5.74) is 1.11. The van der Waals surface area contributed by atoms with Crippen LogP contribution in [0.1, 0.15) is 44.2 Å². The monoisotopic (exact) mass is 277 g/mol. The topological polar surface area (TPSA) is 49.8 Å². The number of carbonyl (C=O) groups is 1. The maximum atomic E-state index is 11.2. The lowest BCUT2D eigenvalue weighted by Crippen LogP contribution is -2.39. The summed E-state index contributed by atoms with van der Waals surface area (Å²) in [5, 5.41) is 9.17. The minimum Gasteiger partial charge on any atom is -0.497 e.